The van der Waals surface area contributed by atoms with E-state index in [1.165, 1.54) is 5.56 Å². The lowest BCUT2D eigenvalue weighted by Crippen LogP contribution is -1.91. The van der Waals surface area contributed by atoms with Gasteiger partial charge in [0.1, 0.15) is 5.75 Å². The van der Waals surface area contributed by atoms with Gasteiger partial charge in [-0.15, -0.1) is 0 Å². The lowest BCUT2D eigenvalue weighted by Gasteiger charge is -2.10. The smallest absolute Gasteiger partial charge is 0.169 e. The topological polar surface area (TPSA) is 42.2 Å². The van der Waals surface area contributed by atoms with Crippen LogP contribution in [0.2, 0.25) is 0 Å². The van der Waals surface area contributed by atoms with Gasteiger partial charge < -0.3 is 9.47 Å². The van der Waals surface area contributed by atoms with Crippen molar-refractivity contribution in [1.82, 2.24) is 0 Å². The summed E-state index contributed by atoms with van der Waals surface area (Å²) in [5, 5.41) is 8.82. The minimum Gasteiger partial charge on any atom is -0.493 e. The summed E-state index contributed by atoms with van der Waals surface area (Å²) in [5.74, 6) is 1.89. The molecule has 0 aliphatic rings. The van der Waals surface area contributed by atoms with Gasteiger partial charge in [0.15, 0.2) is 11.5 Å². The molecule has 0 amide bonds. The maximum Gasteiger partial charge on any atom is 0.169 e. The van der Waals surface area contributed by atoms with Gasteiger partial charge in [0, 0.05) is 6.07 Å². The van der Waals surface area contributed by atoms with Crippen molar-refractivity contribution in [3.8, 4) is 23.3 Å². The van der Waals surface area contributed by atoms with Crippen molar-refractivity contribution in [1.29, 1.82) is 5.26 Å². The minimum absolute atomic E-state index is 0.545. The zero-order valence-electron chi connectivity index (χ0n) is 10.3. The lowest BCUT2D eigenvalue weighted by atomic mass is 10.2. The van der Waals surface area contributed by atoms with Crippen LogP contribution in [-0.4, -0.2) is 7.11 Å². The molecule has 0 saturated carbocycles. The van der Waals surface area contributed by atoms with Crippen LogP contribution >= 0.6 is 0 Å². The summed E-state index contributed by atoms with van der Waals surface area (Å²) < 4.78 is 10.9. The molecule has 3 nitrogen and oxygen atoms in total. The number of methoxy groups -OCH3 is 1. The molecule has 3 heteroatoms. The van der Waals surface area contributed by atoms with Gasteiger partial charge in [0.25, 0.3) is 0 Å². The van der Waals surface area contributed by atoms with Crippen LogP contribution < -0.4 is 9.47 Å². The van der Waals surface area contributed by atoms with E-state index < -0.39 is 0 Å². The van der Waals surface area contributed by atoms with E-state index in [1.807, 2.05) is 31.2 Å². The van der Waals surface area contributed by atoms with E-state index in [9.17, 15) is 0 Å². The second kappa shape index (κ2) is 5.24. The molecule has 0 bridgehead atoms. The maximum atomic E-state index is 8.82. The van der Waals surface area contributed by atoms with E-state index in [0.29, 0.717) is 17.1 Å². The minimum atomic E-state index is 0.545. The number of ether oxygens (including phenoxy) is 2. The summed E-state index contributed by atoms with van der Waals surface area (Å²) >= 11 is 0. The average molecular weight is 239 g/mol. The predicted octanol–water partition coefficient (Wildman–Crippen LogP) is 3.67. The molecule has 0 N–H and O–H groups in total. The molecule has 0 fully saturated rings. The van der Waals surface area contributed by atoms with Gasteiger partial charge in [-0.3, -0.25) is 0 Å². The van der Waals surface area contributed by atoms with Crippen molar-refractivity contribution in [2.75, 3.05) is 7.11 Å². The van der Waals surface area contributed by atoms with Crippen LogP contribution in [0, 0.1) is 18.3 Å². The molecule has 0 heterocycles. The summed E-state index contributed by atoms with van der Waals surface area (Å²) in [6, 6.07) is 14.9. The Hall–Kier alpha value is -2.47. The van der Waals surface area contributed by atoms with Crippen LogP contribution in [-0.2, 0) is 0 Å². The molecule has 0 radical (unpaired) electrons. The first kappa shape index (κ1) is 12.0. The molecule has 90 valence electrons. The SMILES string of the molecule is COc1cc(C#N)ccc1Oc1ccc(C)cc1. The van der Waals surface area contributed by atoms with Gasteiger partial charge in [-0.2, -0.15) is 5.26 Å². The molecule has 0 unspecified atom stereocenters. The summed E-state index contributed by atoms with van der Waals surface area (Å²) in [6.07, 6.45) is 0. The third kappa shape index (κ3) is 2.61. The Morgan fingerprint density at radius 3 is 2.33 bits per heavy atom. The Bertz CT molecular complexity index is 582. The number of benzene rings is 2. The number of hydrogen-bond donors (Lipinski definition) is 0. The molecule has 2 aromatic rings. The normalized spacial score (nSPS) is 9.61. The molecule has 0 atom stereocenters. The standard InChI is InChI=1S/C15H13NO2/c1-11-3-6-13(7-4-11)18-14-8-5-12(10-16)9-15(14)17-2/h3-9H,1-2H3. The van der Waals surface area contributed by atoms with Gasteiger partial charge in [-0.1, -0.05) is 17.7 Å². The van der Waals surface area contributed by atoms with Crippen molar-refractivity contribution in [3.05, 3.63) is 53.6 Å². The van der Waals surface area contributed by atoms with Crippen molar-refractivity contribution in [2.24, 2.45) is 0 Å². The van der Waals surface area contributed by atoms with Gasteiger partial charge in [0.2, 0.25) is 0 Å². The van der Waals surface area contributed by atoms with Crippen LogP contribution in [0.15, 0.2) is 42.5 Å². The Kier molecular flexibility index (Phi) is 3.49. The molecular weight excluding hydrogens is 226 g/mol. The molecule has 2 rings (SSSR count). The van der Waals surface area contributed by atoms with Crippen molar-refractivity contribution < 1.29 is 9.47 Å². The number of hydrogen-bond acceptors (Lipinski definition) is 3. The lowest BCUT2D eigenvalue weighted by molar-refractivity contribution is 0.378. The zero-order chi connectivity index (χ0) is 13.0. The van der Waals surface area contributed by atoms with Crippen LogP contribution in [0.25, 0.3) is 0 Å². The molecule has 0 saturated heterocycles. The number of aryl methyl sites for hydroxylation is 1. The molecule has 2 aromatic carbocycles. The van der Waals surface area contributed by atoms with E-state index in [4.69, 9.17) is 14.7 Å². The average Bonchev–Trinajstić information content (AvgIpc) is 2.41. The fourth-order valence-electron chi connectivity index (χ4n) is 1.55. The Morgan fingerprint density at radius 1 is 1.00 bits per heavy atom. The first-order chi connectivity index (χ1) is 8.72. The van der Waals surface area contributed by atoms with Crippen molar-refractivity contribution in [3.63, 3.8) is 0 Å². The molecule has 0 aliphatic heterocycles. The van der Waals surface area contributed by atoms with E-state index in [0.717, 1.165) is 5.75 Å². The summed E-state index contributed by atoms with van der Waals surface area (Å²) in [7, 11) is 1.55. The van der Waals surface area contributed by atoms with Crippen LogP contribution in [0.4, 0.5) is 0 Å². The largest absolute Gasteiger partial charge is 0.493 e. The van der Waals surface area contributed by atoms with Crippen molar-refractivity contribution >= 4 is 0 Å². The van der Waals surface area contributed by atoms with Gasteiger partial charge >= 0.3 is 0 Å². The second-order valence-corrected chi connectivity index (χ2v) is 3.89. The molecular formula is C15H13NO2. The summed E-state index contributed by atoms with van der Waals surface area (Å²) in [6.45, 7) is 2.02. The van der Waals surface area contributed by atoms with Crippen molar-refractivity contribution in [2.45, 2.75) is 6.92 Å². The Balaban J connectivity index is 2.29. The van der Waals surface area contributed by atoms with Gasteiger partial charge in [-0.05, 0) is 31.2 Å². The predicted molar refractivity (Wildman–Crippen MR) is 69.0 cm³/mol. The monoisotopic (exact) mass is 239 g/mol. The quantitative estimate of drug-likeness (QED) is 0.820. The zero-order valence-corrected chi connectivity index (χ0v) is 10.3. The Labute approximate surface area is 106 Å². The third-order valence-electron chi connectivity index (χ3n) is 2.54. The summed E-state index contributed by atoms with van der Waals surface area (Å²) in [5.41, 5.74) is 1.72. The first-order valence-corrected chi connectivity index (χ1v) is 5.55. The molecule has 0 spiro atoms. The maximum absolute atomic E-state index is 8.82. The number of nitriles is 1. The number of nitrogens with zero attached hydrogens (tertiary/aromatic N) is 1. The molecule has 18 heavy (non-hydrogen) atoms. The fourth-order valence-corrected chi connectivity index (χ4v) is 1.55. The van der Waals surface area contributed by atoms with E-state index in [1.54, 1.807) is 25.3 Å². The molecule has 0 aromatic heterocycles. The van der Waals surface area contributed by atoms with Gasteiger partial charge in [-0.25, -0.2) is 0 Å². The third-order valence-corrected chi connectivity index (χ3v) is 2.54. The van der Waals surface area contributed by atoms with E-state index in [2.05, 4.69) is 6.07 Å². The van der Waals surface area contributed by atoms with Crippen LogP contribution in [0.5, 0.6) is 17.2 Å². The Morgan fingerprint density at radius 2 is 1.72 bits per heavy atom. The molecule has 0 aliphatic carbocycles. The van der Waals surface area contributed by atoms with E-state index in [-0.39, 0.29) is 0 Å². The van der Waals surface area contributed by atoms with Crippen LogP contribution in [0.3, 0.4) is 0 Å². The number of rotatable bonds is 3. The van der Waals surface area contributed by atoms with Gasteiger partial charge in [0.05, 0.1) is 18.7 Å². The first-order valence-electron chi connectivity index (χ1n) is 5.55. The highest BCUT2D eigenvalue weighted by atomic mass is 16.5. The highest BCUT2D eigenvalue weighted by molar-refractivity contribution is 5.48. The highest BCUT2D eigenvalue weighted by Gasteiger charge is 2.06. The van der Waals surface area contributed by atoms with Crippen LogP contribution in [0.1, 0.15) is 11.1 Å². The fraction of sp³-hybridized carbons (Fsp3) is 0.133. The highest BCUT2D eigenvalue weighted by Crippen LogP contribution is 2.32. The summed E-state index contributed by atoms with van der Waals surface area (Å²) in [4.78, 5) is 0. The second-order valence-electron chi connectivity index (χ2n) is 3.89. The van der Waals surface area contributed by atoms with E-state index >= 15 is 0 Å².